The number of halogens is 1. The van der Waals surface area contributed by atoms with Crippen molar-refractivity contribution in [1.29, 1.82) is 0 Å². The Hall–Kier alpha value is -2.22. The number of aliphatic imine (C=N–C) groups is 1. The van der Waals surface area contributed by atoms with Crippen LogP contribution in [0.2, 0.25) is 0 Å². The maximum atomic E-state index is 5.39. The predicted molar refractivity (Wildman–Crippen MR) is 135 cm³/mol. The fourth-order valence-corrected chi connectivity index (χ4v) is 3.62. The lowest BCUT2D eigenvalue weighted by Crippen LogP contribution is -2.45. The maximum Gasteiger partial charge on any atom is 0.193 e. The molecule has 1 aliphatic rings. The first-order valence-electron chi connectivity index (χ1n) is 10.1. The summed E-state index contributed by atoms with van der Waals surface area (Å²) in [6, 6.07) is 16.6. The van der Waals surface area contributed by atoms with Gasteiger partial charge in [-0.15, -0.1) is 24.0 Å². The van der Waals surface area contributed by atoms with Crippen molar-refractivity contribution >= 4 is 36.0 Å². The molecule has 0 atom stereocenters. The van der Waals surface area contributed by atoms with Crippen LogP contribution in [0.1, 0.15) is 24.0 Å². The third-order valence-electron chi connectivity index (χ3n) is 5.23. The largest absolute Gasteiger partial charge is 0.493 e. The van der Waals surface area contributed by atoms with Crippen molar-refractivity contribution in [3.8, 4) is 11.5 Å². The van der Waals surface area contributed by atoms with E-state index < -0.39 is 0 Å². The van der Waals surface area contributed by atoms with Gasteiger partial charge >= 0.3 is 0 Å². The van der Waals surface area contributed by atoms with Crippen molar-refractivity contribution in [3.63, 3.8) is 0 Å². The highest BCUT2D eigenvalue weighted by molar-refractivity contribution is 14.0. The van der Waals surface area contributed by atoms with Crippen LogP contribution in [0.15, 0.2) is 59.1 Å². The van der Waals surface area contributed by atoms with E-state index in [-0.39, 0.29) is 24.0 Å². The summed E-state index contributed by atoms with van der Waals surface area (Å²) in [6.07, 6.45) is 5.37. The highest BCUT2D eigenvalue weighted by Gasteiger charge is 2.17. The fraction of sp³-hybridized carbons (Fsp3) is 0.375. The summed E-state index contributed by atoms with van der Waals surface area (Å²) in [5, 5.41) is 3.50. The normalized spacial score (nSPS) is 14.0. The molecule has 162 valence electrons. The molecule has 1 aliphatic heterocycles. The minimum absolute atomic E-state index is 0. The minimum Gasteiger partial charge on any atom is -0.493 e. The number of hydrogen-bond acceptors (Lipinski definition) is 3. The summed E-state index contributed by atoms with van der Waals surface area (Å²) in [6.45, 7) is 2.81. The lowest BCUT2D eigenvalue weighted by Gasteiger charge is -2.31. The van der Waals surface area contributed by atoms with Gasteiger partial charge in [0.2, 0.25) is 0 Å². The number of rotatable bonds is 6. The van der Waals surface area contributed by atoms with E-state index in [1.54, 1.807) is 14.2 Å². The zero-order valence-corrected chi connectivity index (χ0v) is 20.4. The Morgan fingerprint density at radius 1 is 1.03 bits per heavy atom. The fourth-order valence-electron chi connectivity index (χ4n) is 3.62. The van der Waals surface area contributed by atoms with Gasteiger partial charge in [-0.25, -0.2) is 0 Å². The third kappa shape index (κ3) is 6.65. The predicted octanol–water partition coefficient (Wildman–Crippen LogP) is 4.62. The molecule has 2 aromatic rings. The van der Waals surface area contributed by atoms with Gasteiger partial charge in [-0.05, 0) is 42.5 Å². The quantitative estimate of drug-likeness (QED) is 0.343. The van der Waals surface area contributed by atoms with Gasteiger partial charge in [0.25, 0.3) is 0 Å². The zero-order chi connectivity index (χ0) is 20.5. The van der Waals surface area contributed by atoms with E-state index in [1.165, 1.54) is 16.7 Å². The second-order valence-corrected chi connectivity index (χ2v) is 7.11. The summed E-state index contributed by atoms with van der Waals surface area (Å²) in [4.78, 5) is 6.82. The SMILES string of the molecule is CN=C(NCCc1ccc(OC)c(OC)c1)N1CCC(=Cc2ccccc2)CC1.I. The topological polar surface area (TPSA) is 46.1 Å². The van der Waals surface area contributed by atoms with Crippen molar-refractivity contribution in [3.05, 3.63) is 65.2 Å². The lowest BCUT2D eigenvalue weighted by atomic mass is 10.0. The molecule has 0 bridgehead atoms. The van der Waals surface area contributed by atoms with Gasteiger partial charge in [0, 0.05) is 26.7 Å². The van der Waals surface area contributed by atoms with Crippen LogP contribution in [0, 0.1) is 0 Å². The Balaban J connectivity index is 0.00000320. The molecular weight excluding hydrogens is 489 g/mol. The van der Waals surface area contributed by atoms with E-state index in [2.05, 4.69) is 57.7 Å². The monoisotopic (exact) mass is 521 g/mol. The van der Waals surface area contributed by atoms with Crippen LogP contribution in [-0.2, 0) is 6.42 Å². The number of piperidine rings is 1. The molecule has 1 saturated heterocycles. The van der Waals surface area contributed by atoms with Crippen LogP contribution < -0.4 is 14.8 Å². The lowest BCUT2D eigenvalue weighted by molar-refractivity contribution is 0.354. The molecule has 0 saturated carbocycles. The first kappa shape index (κ1) is 24.1. The molecule has 0 spiro atoms. The van der Waals surface area contributed by atoms with Crippen LogP contribution in [0.3, 0.4) is 0 Å². The van der Waals surface area contributed by atoms with E-state index >= 15 is 0 Å². The maximum absolute atomic E-state index is 5.39. The molecule has 1 N–H and O–H groups in total. The van der Waals surface area contributed by atoms with Gasteiger partial charge in [0.05, 0.1) is 14.2 Å². The second-order valence-electron chi connectivity index (χ2n) is 7.11. The van der Waals surface area contributed by atoms with Gasteiger partial charge in [-0.1, -0.05) is 48.0 Å². The number of methoxy groups -OCH3 is 2. The van der Waals surface area contributed by atoms with E-state index in [1.807, 2.05) is 19.2 Å². The molecule has 1 fully saturated rings. The standard InChI is InChI=1S/C24H31N3O2.HI/c1-25-24(26-14-11-20-9-10-22(28-2)23(18-20)29-3)27-15-12-21(13-16-27)17-19-7-5-4-6-8-19;/h4-10,17-18H,11-16H2,1-3H3,(H,25,26);1H. The first-order valence-corrected chi connectivity index (χ1v) is 10.1. The Morgan fingerprint density at radius 3 is 2.37 bits per heavy atom. The van der Waals surface area contributed by atoms with Crippen molar-refractivity contribution in [2.75, 3.05) is 40.9 Å². The van der Waals surface area contributed by atoms with Gasteiger partial charge in [-0.2, -0.15) is 0 Å². The number of ether oxygens (including phenoxy) is 2. The van der Waals surface area contributed by atoms with Gasteiger partial charge in [0.15, 0.2) is 17.5 Å². The second kappa shape index (κ2) is 12.5. The first-order chi connectivity index (χ1) is 14.2. The molecular formula is C24H32IN3O2. The number of nitrogens with zero attached hydrogens (tertiary/aromatic N) is 2. The van der Waals surface area contributed by atoms with E-state index in [0.717, 1.165) is 56.4 Å². The summed E-state index contributed by atoms with van der Waals surface area (Å²) in [5.41, 5.74) is 4.00. The summed E-state index contributed by atoms with van der Waals surface area (Å²) >= 11 is 0. The highest BCUT2D eigenvalue weighted by Crippen LogP contribution is 2.27. The van der Waals surface area contributed by atoms with Crippen LogP contribution in [0.4, 0.5) is 0 Å². The number of hydrogen-bond donors (Lipinski definition) is 1. The van der Waals surface area contributed by atoms with Crippen molar-refractivity contribution in [2.45, 2.75) is 19.3 Å². The summed E-state index contributed by atoms with van der Waals surface area (Å²) in [7, 11) is 5.18. The number of benzene rings is 2. The molecule has 0 amide bonds. The molecule has 30 heavy (non-hydrogen) atoms. The highest BCUT2D eigenvalue weighted by atomic mass is 127. The average molecular weight is 521 g/mol. The van der Waals surface area contributed by atoms with E-state index in [0.29, 0.717) is 0 Å². The Kier molecular flexibility index (Phi) is 10.00. The van der Waals surface area contributed by atoms with Crippen molar-refractivity contribution < 1.29 is 9.47 Å². The minimum atomic E-state index is 0. The van der Waals surface area contributed by atoms with Gasteiger partial charge in [0.1, 0.15) is 0 Å². The molecule has 0 aliphatic carbocycles. The Morgan fingerprint density at radius 2 is 1.73 bits per heavy atom. The third-order valence-corrected chi connectivity index (χ3v) is 5.23. The van der Waals surface area contributed by atoms with Gasteiger partial charge < -0.3 is 19.7 Å². The molecule has 0 unspecified atom stereocenters. The zero-order valence-electron chi connectivity index (χ0n) is 18.1. The van der Waals surface area contributed by atoms with Crippen LogP contribution in [0.5, 0.6) is 11.5 Å². The van der Waals surface area contributed by atoms with Gasteiger partial charge in [-0.3, -0.25) is 4.99 Å². The summed E-state index contributed by atoms with van der Waals surface area (Å²) < 4.78 is 10.7. The molecule has 3 rings (SSSR count). The smallest absolute Gasteiger partial charge is 0.193 e. The van der Waals surface area contributed by atoms with Crippen LogP contribution in [0.25, 0.3) is 6.08 Å². The molecule has 0 aromatic heterocycles. The number of nitrogens with one attached hydrogen (secondary N) is 1. The number of likely N-dealkylation sites (tertiary alicyclic amines) is 1. The molecule has 1 heterocycles. The summed E-state index contributed by atoms with van der Waals surface area (Å²) in [5.74, 6) is 2.50. The van der Waals surface area contributed by atoms with Crippen molar-refractivity contribution in [2.24, 2.45) is 4.99 Å². The van der Waals surface area contributed by atoms with Crippen LogP contribution in [-0.4, -0.2) is 51.8 Å². The van der Waals surface area contributed by atoms with E-state index in [4.69, 9.17) is 9.47 Å². The Labute approximate surface area is 197 Å². The average Bonchev–Trinajstić information content (AvgIpc) is 2.78. The molecule has 5 nitrogen and oxygen atoms in total. The Bertz CT molecular complexity index is 843. The molecule has 6 heteroatoms. The van der Waals surface area contributed by atoms with Crippen LogP contribution >= 0.6 is 24.0 Å². The van der Waals surface area contributed by atoms with Crippen molar-refractivity contribution in [1.82, 2.24) is 10.2 Å². The van der Waals surface area contributed by atoms with E-state index in [9.17, 15) is 0 Å². The number of guanidine groups is 1. The molecule has 0 radical (unpaired) electrons. The molecule has 2 aromatic carbocycles.